The molecule has 68 valence electrons. The summed E-state index contributed by atoms with van der Waals surface area (Å²) in [7, 11) is 0. The first kappa shape index (κ1) is 10.8. The van der Waals surface area contributed by atoms with E-state index in [-0.39, 0.29) is 13.3 Å². The molecule has 1 amide bonds. The maximum absolute atomic E-state index is 10.8. The molecule has 0 aromatic carbocycles. The molecule has 1 rings (SSSR count). The van der Waals surface area contributed by atoms with Crippen LogP contribution in [0.2, 0.25) is 0 Å². The number of hydrogen-bond donors (Lipinski definition) is 1. The third-order valence-corrected chi connectivity index (χ3v) is 1.52. The zero-order valence-electron chi connectivity index (χ0n) is 6.79. The van der Waals surface area contributed by atoms with Crippen LogP contribution in [0.1, 0.15) is 21.3 Å². The minimum absolute atomic E-state index is 0. The number of carbonyl (C=O) groups is 1. The van der Waals surface area contributed by atoms with Crippen molar-refractivity contribution in [1.29, 1.82) is 0 Å². The van der Waals surface area contributed by atoms with Gasteiger partial charge in [0.05, 0.1) is 0 Å². The topological polar surface area (TPSA) is 32.3 Å². The highest BCUT2D eigenvalue weighted by Crippen LogP contribution is 2.08. The smallest absolute Gasteiger partial charge is 0.250 e. The van der Waals surface area contributed by atoms with Gasteiger partial charge in [0.15, 0.2) is 0 Å². The lowest BCUT2D eigenvalue weighted by atomic mass is 10.3. The SMILES string of the molecule is C.C=C1NC(=O)C=CN1C(C)C. The van der Waals surface area contributed by atoms with Crippen LogP contribution in [-0.2, 0) is 4.79 Å². The molecule has 0 saturated heterocycles. The summed E-state index contributed by atoms with van der Waals surface area (Å²) >= 11 is 0. The number of nitrogens with one attached hydrogen (secondary N) is 1. The molecule has 1 aliphatic heterocycles. The van der Waals surface area contributed by atoms with Crippen molar-refractivity contribution >= 4 is 5.91 Å². The summed E-state index contributed by atoms with van der Waals surface area (Å²) in [6.07, 6.45) is 3.24. The number of hydrogen-bond acceptors (Lipinski definition) is 2. The maximum Gasteiger partial charge on any atom is 0.250 e. The largest absolute Gasteiger partial charge is 0.332 e. The van der Waals surface area contributed by atoms with E-state index < -0.39 is 0 Å². The van der Waals surface area contributed by atoms with Crippen molar-refractivity contribution in [2.45, 2.75) is 27.3 Å². The van der Waals surface area contributed by atoms with E-state index in [1.54, 1.807) is 6.20 Å². The summed E-state index contributed by atoms with van der Waals surface area (Å²) in [5.74, 6) is 0.541. The summed E-state index contributed by atoms with van der Waals surface area (Å²) in [6.45, 7) is 7.78. The van der Waals surface area contributed by atoms with E-state index >= 15 is 0 Å². The summed E-state index contributed by atoms with van der Waals surface area (Å²) in [4.78, 5) is 12.7. The quantitative estimate of drug-likeness (QED) is 0.642. The van der Waals surface area contributed by atoms with Crippen molar-refractivity contribution in [3.63, 3.8) is 0 Å². The Hall–Kier alpha value is -1.25. The lowest BCUT2D eigenvalue weighted by molar-refractivity contribution is -0.116. The van der Waals surface area contributed by atoms with Crippen LogP contribution < -0.4 is 5.32 Å². The van der Waals surface area contributed by atoms with Crippen LogP contribution in [0.3, 0.4) is 0 Å². The summed E-state index contributed by atoms with van der Waals surface area (Å²) < 4.78 is 0. The molecule has 1 heterocycles. The first-order chi connectivity index (χ1) is 5.11. The Labute approximate surface area is 73.8 Å². The summed E-state index contributed by atoms with van der Waals surface area (Å²) in [6, 6.07) is 0.333. The lowest BCUT2D eigenvalue weighted by Gasteiger charge is -2.29. The van der Waals surface area contributed by atoms with E-state index in [2.05, 4.69) is 11.9 Å². The number of nitrogens with zero attached hydrogens (tertiary/aromatic N) is 1. The van der Waals surface area contributed by atoms with Crippen LogP contribution in [0.5, 0.6) is 0 Å². The van der Waals surface area contributed by atoms with Crippen LogP contribution >= 0.6 is 0 Å². The second-order valence-corrected chi connectivity index (χ2v) is 2.75. The van der Waals surface area contributed by atoms with Gasteiger partial charge in [-0.15, -0.1) is 0 Å². The normalized spacial score (nSPS) is 16.1. The van der Waals surface area contributed by atoms with E-state index in [1.165, 1.54) is 6.08 Å². The minimum atomic E-state index is -0.105. The van der Waals surface area contributed by atoms with Crippen molar-refractivity contribution in [3.8, 4) is 0 Å². The average molecular weight is 168 g/mol. The van der Waals surface area contributed by atoms with Gasteiger partial charge in [-0.05, 0) is 13.8 Å². The molecule has 0 bridgehead atoms. The second-order valence-electron chi connectivity index (χ2n) is 2.75. The standard InChI is InChI=1S/C8H12N2O.CH4/c1-6(2)10-5-4-8(11)9-7(10)3;/h4-6H,3H2,1-2H3,(H,9,11);1H4. The molecular formula is C9H16N2O. The molecule has 0 aromatic rings. The van der Waals surface area contributed by atoms with Crippen molar-refractivity contribution in [1.82, 2.24) is 10.2 Å². The van der Waals surface area contributed by atoms with Gasteiger partial charge in [0.1, 0.15) is 5.82 Å². The Morgan fingerprint density at radius 3 is 2.58 bits per heavy atom. The third kappa shape index (κ3) is 2.12. The van der Waals surface area contributed by atoms with Gasteiger partial charge in [0, 0.05) is 18.3 Å². The van der Waals surface area contributed by atoms with Gasteiger partial charge in [0.2, 0.25) is 0 Å². The molecule has 3 heteroatoms. The number of rotatable bonds is 1. The molecule has 0 aliphatic carbocycles. The van der Waals surface area contributed by atoms with Gasteiger partial charge in [-0.1, -0.05) is 14.0 Å². The first-order valence-electron chi connectivity index (χ1n) is 3.57. The zero-order valence-corrected chi connectivity index (χ0v) is 6.79. The van der Waals surface area contributed by atoms with Crippen LogP contribution in [0.15, 0.2) is 24.7 Å². The Bertz CT molecular complexity index is 219. The third-order valence-electron chi connectivity index (χ3n) is 1.52. The number of carbonyl (C=O) groups excluding carboxylic acids is 1. The fourth-order valence-corrected chi connectivity index (χ4v) is 0.970. The highest BCUT2D eigenvalue weighted by molar-refractivity contribution is 5.89. The molecule has 0 radical (unpaired) electrons. The average Bonchev–Trinajstić information content (AvgIpc) is 1.85. The van der Waals surface area contributed by atoms with Gasteiger partial charge in [-0.3, -0.25) is 4.79 Å². The van der Waals surface area contributed by atoms with Gasteiger partial charge in [-0.25, -0.2) is 0 Å². The van der Waals surface area contributed by atoms with Crippen molar-refractivity contribution in [2.24, 2.45) is 0 Å². The highest BCUT2D eigenvalue weighted by atomic mass is 16.1. The molecule has 0 saturated carbocycles. The zero-order chi connectivity index (χ0) is 8.43. The van der Waals surface area contributed by atoms with Crippen LogP contribution in [0, 0.1) is 0 Å². The lowest BCUT2D eigenvalue weighted by Crippen LogP contribution is -2.38. The highest BCUT2D eigenvalue weighted by Gasteiger charge is 2.14. The van der Waals surface area contributed by atoms with Gasteiger partial charge in [0.25, 0.3) is 5.91 Å². The second kappa shape index (κ2) is 3.95. The van der Waals surface area contributed by atoms with E-state index in [4.69, 9.17) is 0 Å². The van der Waals surface area contributed by atoms with Crippen molar-refractivity contribution in [3.05, 3.63) is 24.7 Å². The van der Waals surface area contributed by atoms with E-state index in [0.717, 1.165) is 0 Å². The van der Waals surface area contributed by atoms with Crippen LogP contribution in [-0.4, -0.2) is 16.8 Å². The Morgan fingerprint density at radius 2 is 2.17 bits per heavy atom. The Balaban J connectivity index is 0.00000121. The first-order valence-corrected chi connectivity index (χ1v) is 3.57. The van der Waals surface area contributed by atoms with Gasteiger partial charge >= 0.3 is 0 Å². The van der Waals surface area contributed by atoms with Crippen LogP contribution in [0.25, 0.3) is 0 Å². The molecule has 1 N–H and O–H groups in total. The molecule has 0 fully saturated rings. The van der Waals surface area contributed by atoms with E-state index in [1.807, 2.05) is 18.7 Å². The molecule has 0 atom stereocenters. The predicted octanol–water partition coefficient (Wildman–Crippen LogP) is 1.45. The predicted molar refractivity (Wildman–Crippen MR) is 50.1 cm³/mol. The van der Waals surface area contributed by atoms with E-state index in [0.29, 0.717) is 11.9 Å². The van der Waals surface area contributed by atoms with Crippen LogP contribution in [0.4, 0.5) is 0 Å². The molecule has 3 nitrogen and oxygen atoms in total. The van der Waals surface area contributed by atoms with E-state index in [9.17, 15) is 4.79 Å². The van der Waals surface area contributed by atoms with Gasteiger partial charge in [-0.2, -0.15) is 0 Å². The van der Waals surface area contributed by atoms with Gasteiger partial charge < -0.3 is 10.2 Å². The number of amides is 1. The molecule has 1 aliphatic rings. The monoisotopic (exact) mass is 168 g/mol. The molecular weight excluding hydrogens is 152 g/mol. The molecule has 0 unspecified atom stereocenters. The Kier molecular flexibility index (Phi) is 3.54. The Morgan fingerprint density at radius 1 is 1.58 bits per heavy atom. The molecule has 0 spiro atoms. The summed E-state index contributed by atoms with van der Waals surface area (Å²) in [5, 5.41) is 2.62. The molecule has 0 aromatic heterocycles. The van der Waals surface area contributed by atoms with Crippen molar-refractivity contribution in [2.75, 3.05) is 0 Å². The van der Waals surface area contributed by atoms with Crippen molar-refractivity contribution < 1.29 is 4.79 Å². The summed E-state index contributed by atoms with van der Waals surface area (Å²) in [5.41, 5.74) is 0. The fourth-order valence-electron chi connectivity index (χ4n) is 0.970. The molecule has 12 heavy (non-hydrogen) atoms. The minimum Gasteiger partial charge on any atom is -0.332 e. The fraction of sp³-hybridized carbons (Fsp3) is 0.444. The maximum atomic E-state index is 10.8.